The van der Waals surface area contributed by atoms with Gasteiger partial charge in [0.05, 0.1) is 35.6 Å². The molecule has 1 aromatic heterocycles. The number of anilines is 1. The molecule has 3 heterocycles. The zero-order valence-corrected chi connectivity index (χ0v) is 29.5. The first kappa shape index (κ1) is 39.8. The number of benzene rings is 2. The number of likely N-dealkylation sites (N-methyl/N-ethyl adjacent to an activating group) is 1. The van der Waals surface area contributed by atoms with Crippen LogP contribution in [0.3, 0.4) is 0 Å². The van der Waals surface area contributed by atoms with Crippen LogP contribution in [0.2, 0.25) is 0 Å². The first-order valence-corrected chi connectivity index (χ1v) is 17.2. The molecule has 1 spiro atoms. The van der Waals surface area contributed by atoms with Crippen molar-refractivity contribution in [2.24, 2.45) is 0 Å². The van der Waals surface area contributed by atoms with Crippen molar-refractivity contribution in [1.82, 2.24) is 24.9 Å². The van der Waals surface area contributed by atoms with Crippen molar-refractivity contribution in [3.05, 3.63) is 82.5 Å². The fourth-order valence-corrected chi connectivity index (χ4v) is 7.13. The van der Waals surface area contributed by atoms with Crippen LogP contribution in [-0.4, -0.2) is 93.8 Å². The van der Waals surface area contributed by atoms with Gasteiger partial charge in [0.2, 0.25) is 5.82 Å². The predicted molar refractivity (Wildman–Crippen MR) is 179 cm³/mol. The predicted octanol–water partition coefficient (Wildman–Crippen LogP) is 6.51. The number of nitrogens with zero attached hydrogens (tertiary/aromatic N) is 5. The van der Waals surface area contributed by atoms with Crippen LogP contribution in [0.25, 0.3) is 11.3 Å². The number of aromatic nitrogens is 2. The van der Waals surface area contributed by atoms with Gasteiger partial charge in [-0.25, -0.2) is 19.4 Å². The average Bonchev–Trinajstić information content (AvgIpc) is 3.55. The third-order valence-corrected chi connectivity index (χ3v) is 10.3. The summed E-state index contributed by atoms with van der Waals surface area (Å²) in [5.41, 5.74) is -6.93. The Morgan fingerprint density at radius 3 is 2.42 bits per heavy atom. The molecule has 2 amide bonds. The second-order valence-corrected chi connectivity index (χ2v) is 13.5. The van der Waals surface area contributed by atoms with E-state index in [-0.39, 0.29) is 36.8 Å². The van der Waals surface area contributed by atoms with Crippen molar-refractivity contribution in [3.8, 4) is 17.0 Å². The van der Waals surface area contributed by atoms with E-state index in [1.165, 1.54) is 24.2 Å². The maximum absolute atomic E-state index is 15.6. The quantitative estimate of drug-likeness (QED) is 0.166. The lowest BCUT2D eigenvalue weighted by molar-refractivity contribution is -0.172. The van der Waals surface area contributed by atoms with Gasteiger partial charge in [0.15, 0.2) is 11.6 Å². The van der Waals surface area contributed by atoms with Gasteiger partial charge in [-0.3, -0.25) is 19.5 Å². The number of rotatable bonds is 11. The summed E-state index contributed by atoms with van der Waals surface area (Å²) >= 11 is 0. The number of hydrogen-bond donors (Lipinski definition) is 2. The number of methoxy groups -OCH3 is 1. The first-order chi connectivity index (χ1) is 26.0. The van der Waals surface area contributed by atoms with Crippen molar-refractivity contribution >= 4 is 17.5 Å². The Morgan fingerprint density at radius 1 is 1.02 bits per heavy atom. The number of halogens is 8. The highest BCUT2D eigenvalue weighted by atomic mass is 19.4. The van der Waals surface area contributed by atoms with E-state index in [4.69, 9.17) is 9.47 Å². The molecule has 1 atom stereocenters. The minimum atomic E-state index is -4.99. The van der Waals surface area contributed by atoms with Gasteiger partial charge in [-0.15, -0.1) is 0 Å². The average molecular weight is 785 g/mol. The maximum atomic E-state index is 15.6. The van der Waals surface area contributed by atoms with Crippen LogP contribution in [0.1, 0.15) is 48.9 Å². The van der Waals surface area contributed by atoms with E-state index in [9.17, 15) is 41.0 Å². The van der Waals surface area contributed by atoms with Crippen LogP contribution in [-0.2, 0) is 33.2 Å². The standard InChI is InChI=1S/C36H36F8N6O5/c1-48-34(10-4-11-34)31(51)28(32(52)47-24-8-7-21(35(39,40)41)15-23(24)25-16-27(36(42,43)44)46-19-45-25)33(53)50(48)17-20-6-9-26(30(38)29(20)37)55-14-13-49-12-3-5-22(49)18-54-2/h6-9,15-16,19,22,51H,3-5,10-14,17-18H2,1-2H3,(H,47,52)/t22-/m0/s1. The number of carbonyl (C=O) groups is 2. The van der Waals surface area contributed by atoms with Crippen molar-refractivity contribution < 1.29 is 59.3 Å². The van der Waals surface area contributed by atoms with Gasteiger partial charge in [0.25, 0.3) is 11.8 Å². The molecule has 2 aliphatic heterocycles. The summed E-state index contributed by atoms with van der Waals surface area (Å²) in [4.78, 5) is 36.7. The Bertz CT molecular complexity index is 1990. The number of aliphatic hydroxyl groups is 1. The fourth-order valence-electron chi connectivity index (χ4n) is 7.13. The zero-order valence-electron chi connectivity index (χ0n) is 29.5. The molecule has 19 heteroatoms. The minimum Gasteiger partial charge on any atom is -0.509 e. The summed E-state index contributed by atoms with van der Waals surface area (Å²) in [5.74, 6) is -6.13. The zero-order chi connectivity index (χ0) is 39.9. The van der Waals surface area contributed by atoms with Crippen LogP contribution in [0, 0.1) is 11.6 Å². The van der Waals surface area contributed by atoms with E-state index in [1.807, 2.05) is 0 Å². The van der Waals surface area contributed by atoms with Crippen LogP contribution in [0.4, 0.5) is 40.8 Å². The SMILES string of the molecule is COC[C@@H]1CCCN1CCOc1ccc(CN2C(=O)C(C(=O)Nc3ccc(C(F)(F)F)cc3-c3cc(C(F)(F)F)ncn3)=C(O)C3(CCC3)N2C)c(F)c1F. The summed E-state index contributed by atoms with van der Waals surface area (Å²) in [6.07, 6.45) is -6.52. The van der Waals surface area contributed by atoms with Crippen molar-refractivity contribution in [2.75, 3.05) is 45.8 Å². The number of hydrazine groups is 1. The normalized spacial score (nSPS) is 19.3. The summed E-state index contributed by atoms with van der Waals surface area (Å²) in [7, 11) is 3.02. The number of carbonyl (C=O) groups excluding carboxylic acids is 2. The summed E-state index contributed by atoms with van der Waals surface area (Å²) < 4.78 is 123. The number of amides is 2. The monoisotopic (exact) mass is 784 g/mol. The summed E-state index contributed by atoms with van der Waals surface area (Å²) in [6.45, 7) is 1.25. The second-order valence-electron chi connectivity index (χ2n) is 13.5. The maximum Gasteiger partial charge on any atom is 0.433 e. The molecule has 1 saturated heterocycles. The third kappa shape index (κ3) is 7.82. The molecule has 2 fully saturated rings. The highest BCUT2D eigenvalue weighted by molar-refractivity contribution is 6.24. The molecule has 0 radical (unpaired) electrons. The molecule has 1 saturated carbocycles. The van der Waals surface area contributed by atoms with Crippen molar-refractivity contribution in [1.29, 1.82) is 0 Å². The van der Waals surface area contributed by atoms with Gasteiger partial charge < -0.3 is 19.9 Å². The Hall–Kier alpha value is -4.88. The van der Waals surface area contributed by atoms with E-state index in [0.717, 1.165) is 30.5 Å². The van der Waals surface area contributed by atoms with E-state index in [0.29, 0.717) is 44.1 Å². The van der Waals surface area contributed by atoms with Gasteiger partial charge in [0, 0.05) is 37.9 Å². The number of aliphatic hydroxyl groups excluding tert-OH is 1. The molecule has 2 aromatic carbocycles. The molecule has 55 heavy (non-hydrogen) atoms. The lowest BCUT2D eigenvalue weighted by Gasteiger charge is -2.54. The molecule has 1 aliphatic carbocycles. The Balaban J connectivity index is 1.26. The molecular formula is C36H36F8N6O5. The van der Waals surface area contributed by atoms with Crippen molar-refractivity contribution in [2.45, 2.75) is 62.6 Å². The number of nitrogens with one attached hydrogen (secondary N) is 1. The van der Waals surface area contributed by atoms with Gasteiger partial charge in [0.1, 0.15) is 30.0 Å². The second kappa shape index (κ2) is 15.3. The largest absolute Gasteiger partial charge is 0.509 e. The molecule has 3 aliphatic rings. The van der Waals surface area contributed by atoms with Crippen LogP contribution in [0.15, 0.2) is 54.1 Å². The number of ether oxygens (including phenoxy) is 2. The number of alkyl halides is 6. The number of likely N-dealkylation sites (tertiary alicyclic amines) is 1. The topological polar surface area (TPSA) is 120 Å². The summed E-state index contributed by atoms with van der Waals surface area (Å²) in [6, 6.07) is 4.81. The smallest absolute Gasteiger partial charge is 0.433 e. The minimum absolute atomic E-state index is 0.0652. The Kier molecular flexibility index (Phi) is 11.1. The van der Waals surface area contributed by atoms with Crippen molar-refractivity contribution in [3.63, 3.8) is 0 Å². The highest BCUT2D eigenvalue weighted by Crippen LogP contribution is 2.47. The first-order valence-electron chi connectivity index (χ1n) is 17.2. The molecule has 11 nitrogen and oxygen atoms in total. The summed E-state index contributed by atoms with van der Waals surface area (Å²) in [5, 5.41) is 15.9. The molecule has 2 N–H and O–H groups in total. The Labute approximate surface area is 309 Å². The molecule has 3 aromatic rings. The van der Waals surface area contributed by atoms with Crippen LogP contribution >= 0.6 is 0 Å². The van der Waals surface area contributed by atoms with E-state index in [1.54, 1.807) is 7.11 Å². The Morgan fingerprint density at radius 2 is 1.76 bits per heavy atom. The van der Waals surface area contributed by atoms with E-state index >= 15 is 8.78 Å². The van der Waals surface area contributed by atoms with Crippen LogP contribution in [0.5, 0.6) is 5.75 Å². The lowest BCUT2D eigenvalue weighted by atomic mass is 9.72. The highest BCUT2D eigenvalue weighted by Gasteiger charge is 2.55. The van der Waals surface area contributed by atoms with Gasteiger partial charge >= 0.3 is 12.4 Å². The molecule has 0 bridgehead atoms. The molecule has 0 unspecified atom stereocenters. The van der Waals surface area contributed by atoms with E-state index < -0.39 is 87.4 Å². The molecule has 296 valence electrons. The fraction of sp³-hybridized carbons (Fsp3) is 0.444. The van der Waals surface area contributed by atoms with Crippen LogP contribution < -0.4 is 10.1 Å². The van der Waals surface area contributed by atoms with Gasteiger partial charge in [-0.2, -0.15) is 30.7 Å². The van der Waals surface area contributed by atoms with Gasteiger partial charge in [-0.1, -0.05) is 6.07 Å². The van der Waals surface area contributed by atoms with Gasteiger partial charge in [-0.05, 0) is 69.0 Å². The molecule has 6 rings (SSSR count). The number of hydrogen-bond acceptors (Lipinski definition) is 9. The lowest BCUT2D eigenvalue weighted by Crippen LogP contribution is -2.65. The third-order valence-electron chi connectivity index (χ3n) is 10.3. The molecular weight excluding hydrogens is 748 g/mol. The van der Waals surface area contributed by atoms with E-state index in [2.05, 4.69) is 20.2 Å².